The first kappa shape index (κ1) is 14.7. The highest BCUT2D eigenvalue weighted by molar-refractivity contribution is 5.99. The molecule has 7 heteroatoms. The summed E-state index contributed by atoms with van der Waals surface area (Å²) in [7, 11) is 0. The Kier molecular flexibility index (Phi) is 4.01. The van der Waals surface area contributed by atoms with Crippen LogP contribution in [0.3, 0.4) is 0 Å². The number of nitrogens with zero attached hydrogens (tertiary/aromatic N) is 3. The number of nitrogens with two attached hydrogens (primary N) is 1. The van der Waals surface area contributed by atoms with Crippen LogP contribution < -0.4 is 16.6 Å². The maximum absolute atomic E-state index is 12.3. The molecule has 116 valence electrons. The quantitative estimate of drug-likeness (QED) is 0.736. The minimum Gasteiger partial charge on any atom is -0.393 e. The molecule has 0 atom stereocenters. The summed E-state index contributed by atoms with van der Waals surface area (Å²) in [5.41, 5.74) is 6.70. The molecule has 3 aromatic rings. The number of carbonyl (C=O) groups excluding carboxylic acids is 1. The number of pyridine rings is 2. The van der Waals surface area contributed by atoms with E-state index in [2.05, 4.69) is 15.3 Å². The number of aromatic nitrogens is 3. The van der Waals surface area contributed by atoms with E-state index in [1.54, 1.807) is 18.3 Å². The zero-order chi connectivity index (χ0) is 16.2. The second-order valence-corrected chi connectivity index (χ2v) is 4.96. The lowest BCUT2D eigenvalue weighted by atomic mass is 10.2. The van der Waals surface area contributed by atoms with Crippen LogP contribution in [0.1, 0.15) is 16.1 Å². The van der Waals surface area contributed by atoms with Crippen molar-refractivity contribution in [3.8, 4) is 0 Å². The topological polar surface area (TPSA) is 102 Å². The standard InChI is InChI=1S/C16H15N5O2/c17-13-10-20-14-12(5-3-9-21(14)16(13)23)15(22)19-8-6-11-4-1-2-7-18-11/h1-5,7,9-10H,6,8,17H2,(H,19,22). The number of anilines is 1. The summed E-state index contributed by atoms with van der Waals surface area (Å²) < 4.78 is 1.27. The maximum atomic E-state index is 12.3. The van der Waals surface area contributed by atoms with E-state index in [1.807, 2.05) is 18.2 Å². The molecule has 3 N–H and O–H groups in total. The van der Waals surface area contributed by atoms with Gasteiger partial charge in [-0.05, 0) is 24.3 Å². The van der Waals surface area contributed by atoms with Crippen LogP contribution in [0.4, 0.5) is 5.69 Å². The predicted octanol–water partition coefficient (Wildman–Crippen LogP) is 0.644. The molecule has 0 spiro atoms. The van der Waals surface area contributed by atoms with Crippen molar-refractivity contribution >= 4 is 17.2 Å². The Bertz CT molecular complexity index is 905. The van der Waals surface area contributed by atoms with Crippen molar-refractivity contribution < 1.29 is 4.79 Å². The number of amides is 1. The molecular formula is C16H15N5O2. The van der Waals surface area contributed by atoms with E-state index in [-0.39, 0.29) is 17.2 Å². The van der Waals surface area contributed by atoms with Gasteiger partial charge in [0.05, 0.1) is 11.8 Å². The van der Waals surface area contributed by atoms with Crippen LogP contribution in [0.15, 0.2) is 53.7 Å². The lowest BCUT2D eigenvalue weighted by molar-refractivity contribution is 0.0955. The molecule has 3 aromatic heterocycles. The molecule has 0 saturated carbocycles. The van der Waals surface area contributed by atoms with Crippen LogP contribution in [0.5, 0.6) is 0 Å². The Morgan fingerprint density at radius 1 is 1.22 bits per heavy atom. The molecule has 0 radical (unpaired) electrons. The smallest absolute Gasteiger partial charge is 0.281 e. The average molecular weight is 309 g/mol. The van der Waals surface area contributed by atoms with E-state index in [0.717, 1.165) is 5.69 Å². The Labute approximate surface area is 131 Å². The first-order valence-corrected chi connectivity index (χ1v) is 7.11. The molecule has 0 aromatic carbocycles. The van der Waals surface area contributed by atoms with E-state index in [9.17, 15) is 9.59 Å². The minimum atomic E-state index is -0.391. The molecule has 3 heterocycles. The van der Waals surface area contributed by atoms with Gasteiger partial charge in [-0.1, -0.05) is 6.07 Å². The molecule has 0 saturated heterocycles. The molecule has 0 bridgehead atoms. The second kappa shape index (κ2) is 6.27. The number of rotatable bonds is 4. The first-order valence-electron chi connectivity index (χ1n) is 7.11. The highest BCUT2D eigenvalue weighted by Crippen LogP contribution is 2.07. The number of hydrogen-bond acceptors (Lipinski definition) is 5. The Balaban J connectivity index is 1.79. The van der Waals surface area contributed by atoms with Crippen molar-refractivity contribution in [2.75, 3.05) is 12.3 Å². The van der Waals surface area contributed by atoms with Gasteiger partial charge in [-0.15, -0.1) is 0 Å². The van der Waals surface area contributed by atoms with Gasteiger partial charge < -0.3 is 11.1 Å². The lowest BCUT2D eigenvalue weighted by Gasteiger charge is -2.08. The predicted molar refractivity (Wildman–Crippen MR) is 86.1 cm³/mol. The minimum absolute atomic E-state index is 0.0372. The van der Waals surface area contributed by atoms with Crippen LogP contribution in [-0.4, -0.2) is 26.8 Å². The fourth-order valence-corrected chi connectivity index (χ4v) is 2.24. The van der Waals surface area contributed by atoms with Crippen LogP contribution >= 0.6 is 0 Å². The maximum Gasteiger partial charge on any atom is 0.281 e. The summed E-state index contributed by atoms with van der Waals surface area (Å²) in [6.45, 7) is 0.441. The number of carbonyl (C=O) groups is 1. The summed E-state index contributed by atoms with van der Waals surface area (Å²) >= 11 is 0. The Hall–Kier alpha value is -3.22. The van der Waals surface area contributed by atoms with E-state index < -0.39 is 5.56 Å². The zero-order valence-corrected chi connectivity index (χ0v) is 12.3. The van der Waals surface area contributed by atoms with E-state index in [1.165, 1.54) is 16.8 Å². The van der Waals surface area contributed by atoms with Gasteiger partial charge >= 0.3 is 0 Å². The molecule has 0 aliphatic rings. The lowest BCUT2D eigenvalue weighted by Crippen LogP contribution is -2.28. The van der Waals surface area contributed by atoms with Gasteiger partial charge in [0, 0.05) is 31.1 Å². The van der Waals surface area contributed by atoms with Crippen molar-refractivity contribution in [1.29, 1.82) is 0 Å². The molecule has 0 fully saturated rings. The normalized spacial score (nSPS) is 10.6. The van der Waals surface area contributed by atoms with E-state index in [4.69, 9.17) is 5.73 Å². The van der Waals surface area contributed by atoms with Gasteiger partial charge in [0.25, 0.3) is 11.5 Å². The van der Waals surface area contributed by atoms with Crippen LogP contribution in [-0.2, 0) is 6.42 Å². The Morgan fingerprint density at radius 2 is 2.09 bits per heavy atom. The third-order valence-corrected chi connectivity index (χ3v) is 3.40. The highest BCUT2D eigenvalue weighted by Gasteiger charge is 2.12. The molecule has 7 nitrogen and oxygen atoms in total. The van der Waals surface area contributed by atoms with Gasteiger partial charge in [-0.2, -0.15) is 0 Å². The average Bonchev–Trinajstić information content (AvgIpc) is 2.58. The molecule has 3 rings (SSSR count). The van der Waals surface area contributed by atoms with Crippen molar-refractivity contribution in [2.45, 2.75) is 6.42 Å². The van der Waals surface area contributed by atoms with Gasteiger partial charge in [0.15, 0.2) is 5.65 Å². The molecule has 0 aliphatic carbocycles. The van der Waals surface area contributed by atoms with Crippen molar-refractivity contribution in [3.05, 3.63) is 70.5 Å². The van der Waals surface area contributed by atoms with Gasteiger partial charge in [0.2, 0.25) is 0 Å². The highest BCUT2D eigenvalue weighted by atomic mass is 16.2. The Morgan fingerprint density at radius 3 is 2.87 bits per heavy atom. The number of nitrogen functional groups attached to an aromatic ring is 1. The summed E-state index contributed by atoms with van der Waals surface area (Å²) in [6, 6.07) is 8.87. The molecule has 0 aliphatic heterocycles. The van der Waals surface area contributed by atoms with Gasteiger partial charge in [0.1, 0.15) is 5.69 Å². The van der Waals surface area contributed by atoms with Crippen molar-refractivity contribution in [3.63, 3.8) is 0 Å². The van der Waals surface area contributed by atoms with Crippen LogP contribution in [0, 0.1) is 0 Å². The molecule has 1 amide bonds. The summed E-state index contributed by atoms with van der Waals surface area (Å²) in [6.07, 6.45) is 5.13. The molecular weight excluding hydrogens is 294 g/mol. The number of hydrogen-bond donors (Lipinski definition) is 2. The summed E-state index contributed by atoms with van der Waals surface area (Å²) in [5.74, 6) is -0.296. The summed E-state index contributed by atoms with van der Waals surface area (Å²) in [5, 5.41) is 2.81. The third kappa shape index (κ3) is 3.03. The van der Waals surface area contributed by atoms with E-state index >= 15 is 0 Å². The monoisotopic (exact) mass is 309 g/mol. The molecule has 23 heavy (non-hydrogen) atoms. The fourth-order valence-electron chi connectivity index (χ4n) is 2.24. The molecule has 0 unspecified atom stereocenters. The third-order valence-electron chi connectivity index (χ3n) is 3.40. The van der Waals surface area contributed by atoms with Crippen molar-refractivity contribution in [2.24, 2.45) is 0 Å². The second-order valence-electron chi connectivity index (χ2n) is 4.96. The van der Waals surface area contributed by atoms with Gasteiger partial charge in [-0.25, -0.2) is 4.98 Å². The number of fused-ring (bicyclic) bond motifs is 1. The van der Waals surface area contributed by atoms with E-state index in [0.29, 0.717) is 18.5 Å². The zero-order valence-electron chi connectivity index (χ0n) is 12.3. The van der Waals surface area contributed by atoms with Crippen molar-refractivity contribution in [1.82, 2.24) is 19.7 Å². The van der Waals surface area contributed by atoms with Crippen LogP contribution in [0.25, 0.3) is 5.65 Å². The summed E-state index contributed by atoms with van der Waals surface area (Å²) in [4.78, 5) is 32.6. The number of nitrogens with one attached hydrogen (secondary N) is 1. The van der Waals surface area contributed by atoms with Gasteiger partial charge in [-0.3, -0.25) is 19.0 Å². The van der Waals surface area contributed by atoms with Crippen LogP contribution in [0.2, 0.25) is 0 Å². The SMILES string of the molecule is Nc1cnc2c(C(=O)NCCc3ccccn3)cccn2c1=O. The largest absolute Gasteiger partial charge is 0.393 e. The fraction of sp³-hybridized carbons (Fsp3) is 0.125. The first-order chi connectivity index (χ1) is 11.2.